The molecule has 2 aromatic carbocycles. The molecular weight excluding hydrogens is 444 g/mol. The van der Waals surface area contributed by atoms with Gasteiger partial charge in [0.15, 0.2) is 5.13 Å². The normalized spacial score (nSPS) is 15.8. The summed E-state index contributed by atoms with van der Waals surface area (Å²) in [7, 11) is -1.77. The van der Waals surface area contributed by atoms with Crippen LogP contribution in [0.4, 0.5) is 10.8 Å². The summed E-state index contributed by atoms with van der Waals surface area (Å²) in [5.74, 6) is 0.812. The third-order valence-corrected chi connectivity index (χ3v) is 7.57. The molecule has 1 aliphatic heterocycles. The molecule has 1 aliphatic rings. The Balaban J connectivity index is 1.28. The van der Waals surface area contributed by atoms with E-state index in [0.29, 0.717) is 32.7 Å². The summed E-state index contributed by atoms with van der Waals surface area (Å²) in [6.07, 6.45) is 1.65. The summed E-state index contributed by atoms with van der Waals surface area (Å²) in [6, 6.07) is 17.2. The van der Waals surface area contributed by atoms with Crippen molar-refractivity contribution < 1.29 is 13.2 Å². The van der Waals surface area contributed by atoms with Crippen LogP contribution < -0.4 is 10.1 Å². The summed E-state index contributed by atoms with van der Waals surface area (Å²) in [6.45, 7) is 3.01. The van der Waals surface area contributed by atoms with Gasteiger partial charge in [0.2, 0.25) is 10.0 Å². The number of hydrogen-bond donors (Lipinski definition) is 1. The Morgan fingerprint density at radius 3 is 2.47 bits per heavy atom. The van der Waals surface area contributed by atoms with E-state index in [1.165, 1.54) is 5.41 Å². The van der Waals surface area contributed by atoms with Gasteiger partial charge in [0.05, 0.1) is 12.8 Å². The van der Waals surface area contributed by atoms with Crippen molar-refractivity contribution in [1.29, 1.82) is 0 Å². The molecule has 0 aliphatic carbocycles. The summed E-state index contributed by atoms with van der Waals surface area (Å²) >= 11 is 1.56. The van der Waals surface area contributed by atoms with Gasteiger partial charge in [-0.1, -0.05) is 30.3 Å². The lowest BCUT2D eigenvalue weighted by Gasteiger charge is -2.32. The molecule has 0 unspecified atom stereocenters. The minimum Gasteiger partial charge on any atom is -0.497 e. The van der Waals surface area contributed by atoms with E-state index >= 15 is 0 Å². The molecule has 0 saturated carbocycles. The molecule has 0 bridgehead atoms. The van der Waals surface area contributed by atoms with Gasteiger partial charge in [0.1, 0.15) is 5.75 Å². The van der Waals surface area contributed by atoms with Gasteiger partial charge < -0.3 is 10.1 Å². The summed E-state index contributed by atoms with van der Waals surface area (Å²) in [5.41, 5.74) is 2.80. The number of aromatic nitrogens is 1. The second-order valence-electron chi connectivity index (χ2n) is 7.43. The number of benzene rings is 2. The van der Waals surface area contributed by atoms with Gasteiger partial charge in [-0.05, 0) is 35.9 Å². The van der Waals surface area contributed by atoms with Crippen LogP contribution in [-0.4, -0.2) is 55.9 Å². The van der Waals surface area contributed by atoms with Gasteiger partial charge >= 0.3 is 0 Å². The average molecular weight is 471 g/mol. The van der Waals surface area contributed by atoms with E-state index in [9.17, 15) is 8.42 Å². The van der Waals surface area contributed by atoms with E-state index in [4.69, 9.17) is 4.74 Å². The SMILES string of the molecule is COc1ccc(Nc2nc(CN3CCN(S(=O)(=O)/C=C/c4ccccc4)CC3)cs2)cc1. The Labute approximate surface area is 193 Å². The molecule has 1 N–H and O–H groups in total. The van der Waals surface area contributed by atoms with Crippen LogP contribution in [0.3, 0.4) is 0 Å². The molecule has 2 heterocycles. The zero-order chi connectivity index (χ0) is 22.4. The smallest absolute Gasteiger partial charge is 0.236 e. The number of ether oxygens (including phenoxy) is 1. The molecule has 168 valence electrons. The van der Waals surface area contributed by atoms with Crippen LogP contribution in [0.2, 0.25) is 0 Å². The van der Waals surface area contributed by atoms with Crippen molar-refractivity contribution in [2.45, 2.75) is 6.54 Å². The maximum absolute atomic E-state index is 12.6. The lowest BCUT2D eigenvalue weighted by atomic mass is 10.2. The number of methoxy groups -OCH3 is 1. The van der Waals surface area contributed by atoms with Crippen molar-refractivity contribution in [3.8, 4) is 5.75 Å². The van der Waals surface area contributed by atoms with Crippen molar-refractivity contribution in [1.82, 2.24) is 14.2 Å². The molecule has 0 radical (unpaired) electrons. The van der Waals surface area contributed by atoms with E-state index in [-0.39, 0.29) is 0 Å². The number of anilines is 2. The fraction of sp³-hybridized carbons (Fsp3) is 0.261. The highest BCUT2D eigenvalue weighted by Crippen LogP contribution is 2.24. The fourth-order valence-electron chi connectivity index (χ4n) is 3.42. The molecule has 1 aromatic heterocycles. The van der Waals surface area contributed by atoms with Gasteiger partial charge in [-0.3, -0.25) is 4.90 Å². The maximum atomic E-state index is 12.6. The molecule has 32 heavy (non-hydrogen) atoms. The second-order valence-corrected chi connectivity index (χ2v) is 10.1. The molecular formula is C23H26N4O3S2. The topological polar surface area (TPSA) is 74.8 Å². The molecule has 7 nitrogen and oxygen atoms in total. The fourth-order valence-corrected chi connectivity index (χ4v) is 5.32. The molecule has 0 spiro atoms. The maximum Gasteiger partial charge on any atom is 0.236 e. The third-order valence-electron chi connectivity index (χ3n) is 5.20. The number of sulfonamides is 1. The van der Waals surface area contributed by atoms with Gasteiger partial charge in [0.25, 0.3) is 0 Å². The standard InChI is InChI=1S/C23H26N4O3S2/c1-30-22-9-7-20(8-10-22)24-23-25-21(18-31-23)17-26-12-14-27(15-13-26)32(28,29)16-11-19-5-3-2-4-6-19/h2-11,16,18H,12-15,17H2,1H3,(H,24,25)/b16-11+. The average Bonchev–Trinajstić information content (AvgIpc) is 3.26. The summed E-state index contributed by atoms with van der Waals surface area (Å²) in [5, 5.41) is 7.48. The minimum atomic E-state index is -3.42. The first-order chi connectivity index (χ1) is 15.5. The first-order valence-electron chi connectivity index (χ1n) is 10.3. The lowest BCUT2D eigenvalue weighted by Crippen LogP contribution is -2.47. The van der Waals surface area contributed by atoms with E-state index in [0.717, 1.165) is 27.8 Å². The number of piperazine rings is 1. The third kappa shape index (κ3) is 5.95. The van der Waals surface area contributed by atoms with Crippen LogP contribution in [0.25, 0.3) is 6.08 Å². The van der Waals surface area contributed by atoms with Crippen LogP contribution in [0.15, 0.2) is 65.4 Å². The highest BCUT2D eigenvalue weighted by molar-refractivity contribution is 7.92. The number of hydrogen-bond acceptors (Lipinski definition) is 7. The van der Waals surface area contributed by atoms with Crippen LogP contribution in [0, 0.1) is 0 Å². The quantitative estimate of drug-likeness (QED) is 0.536. The van der Waals surface area contributed by atoms with Gasteiger partial charge in [-0.15, -0.1) is 11.3 Å². The molecule has 3 aromatic rings. The van der Waals surface area contributed by atoms with Crippen LogP contribution >= 0.6 is 11.3 Å². The van der Waals surface area contributed by atoms with Crippen LogP contribution in [-0.2, 0) is 16.6 Å². The molecule has 0 atom stereocenters. The Morgan fingerprint density at radius 2 is 1.78 bits per heavy atom. The van der Waals surface area contributed by atoms with Crippen molar-refractivity contribution >= 4 is 38.3 Å². The minimum absolute atomic E-state index is 0.475. The van der Waals surface area contributed by atoms with Crippen molar-refractivity contribution in [2.75, 3.05) is 38.6 Å². The molecule has 4 rings (SSSR count). The zero-order valence-electron chi connectivity index (χ0n) is 17.8. The largest absolute Gasteiger partial charge is 0.497 e. The van der Waals surface area contributed by atoms with E-state index in [1.807, 2.05) is 60.0 Å². The number of nitrogens with one attached hydrogen (secondary N) is 1. The van der Waals surface area contributed by atoms with E-state index < -0.39 is 10.0 Å². The first kappa shape index (κ1) is 22.5. The number of rotatable bonds is 8. The first-order valence-corrected chi connectivity index (χ1v) is 12.7. The van der Waals surface area contributed by atoms with E-state index in [2.05, 4.69) is 15.2 Å². The van der Waals surface area contributed by atoms with Crippen molar-refractivity contribution in [3.63, 3.8) is 0 Å². The highest BCUT2D eigenvalue weighted by atomic mass is 32.2. The van der Waals surface area contributed by atoms with Gasteiger partial charge in [-0.2, -0.15) is 4.31 Å². The monoisotopic (exact) mass is 470 g/mol. The van der Waals surface area contributed by atoms with Crippen molar-refractivity contribution in [2.24, 2.45) is 0 Å². The molecule has 1 fully saturated rings. The highest BCUT2D eigenvalue weighted by Gasteiger charge is 2.25. The van der Waals surface area contributed by atoms with Gasteiger partial charge in [0, 0.05) is 49.2 Å². The second kappa shape index (κ2) is 10.3. The molecule has 0 amide bonds. The Hall–Kier alpha value is -2.72. The molecule has 1 saturated heterocycles. The van der Waals surface area contributed by atoms with Crippen LogP contribution in [0.1, 0.15) is 11.3 Å². The van der Waals surface area contributed by atoms with Gasteiger partial charge in [-0.25, -0.2) is 13.4 Å². The predicted octanol–water partition coefficient (Wildman–Crippen LogP) is 4.01. The predicted molar refractivity (Wildman–Crippen MR) is 130 cm³/mol. The summed E-state index contributed by atoms with van der Waals surface area (Å²) in [4.78, 5) is 6.90. The van der Waals surface area contributed by atoms with E-state index in [1.54, 1.807) is 28.8 Å². The van der Waals surface area contributed by atoms with Crippen LogP contribution in [0.5, 0.6) is 5.75 Å². The Morgan fingerprint density at radius 1 is 1.06 bits per heavy atom. The Bertz CT molecular complexity index is 1140. The number of thiazole rings is 1. The zero-order valence-corrected chi connectivity index (χ0v) is 19.5. The Kier molecular flexibility index (Phi) is 7.21. The summed E-state index contributed by atoms with van der Waals surface area (Å²) < 4.78 is 32.0. The molecule has 9 heteroatoms. The van der Waals surface area contributed by atoms with Crippen molar-refractivity contribution in [3.05, 3.63) is 76.6 Å². The number of nitrogens with zero attached hydrogens (tertiary/aromatic N) is 3. The lowest BCUT2D eigenvalue weighted by molar-refractivity contribution is 0.181.